The van der Waals surface area contributed by atoms with Gasteiger partial charge in [-0.1, -0.05) is 20.8 Å². The third-order valence-electron chi connectivity index (χ3n) is 2.34. The van der Waals surface area contributed by atoms with Crippen LogP contribution in [-0.4, -0.2) is 44.3 Å². The Labute approximate surface area is 89.8 Å². The highest BCUT2D eigenvalue weighted by atomic mass is 19.4. The maximum Gasteiger partial charge on any atom is 0.401 e. The van der Waals surface area contributed by atoms with Crippen LogP contribution in [0.5, 0.6) is 0 Å². The van der Waals surface area contributed by atoms with Crippen molar-refractivity contribution in [2.24, 2.45) is 5.41 Å². The zero-order chi connectivity index (χ0) is 12.3. The number of hydrogen-bond donors (Lipinski definition) is 1. The van der Waals surface area contributed by atoms with Gasteiger partial charge in [-0.05, 0) is 19.5 Å². The van der Waals surface area contributed by atoms with E-state index in [1.807, 2.05) is 20.8 Å². The summed E-state index contributed by atoms with van der Waals surface area (Å²) in [4.78, 5) is 1.30. The summed E-state index contributed by atoms with van der Waals surface area (Å²) in [5.41, 5.74) is -0.0470. The molecule has 0 spiro atoms. The van der Waals surface area contributed by atoms with Crippen LogP contribution in [0.25, 0.3) is 0 Å². The highest BCUT2D eigenvalue weighted by Gasteiger charge is 2.31. The molecule has 0 aromatic rings. The van der Waals surface area contributed by atoms with Gasteiger partial charge in [-0.15, -0.1) is 0 Å². The number of nitrogens with one attached hydrogen (secondary N) is 1. The molecular weight excluding hydrogens is 205 g/mol. The van der Waals surface area contributed by atoms with Crippen LogP contribution in [0.1, 0.15) is 20.8 Å². The highest BCUT2D eigenvalue weighted by molar-refractivity contribution is 4.82. The average molecular weight is 226 g/mol. The normalized spacial score (nSPS) is 15.8. The predicted molar refractivity (Wildman–Crippen MR) is 55.9 cm³/mol. The van der Waals surface area contributed by atoms with E-state index in [4.69, 9.17) is 0 Å². The molecule has 0 radical (unpaired) electrons. The molecule has 1 unspecified atom stereocenters. The number of rotatable bonds is 4. The molecule has 0 fully saturated rings. The molecule has 0 aliphatic carbocycles. The van der Waals surface area contributed by atoms with Gasteiger partial charge in [-0.2, -0.15) is 13.2 Å². The van der Waals surface area contributed by atoms with E-state index < -0.39 is 12.7 Å². The van der Waals surface area contributed by atoms with Crippen LogP contribution in [0.3, 0.4) is 0 Å². The van der Waals surface area contributed by atoms with Crippen LogP contribution in [0.2, 0.25) is 0 Å². The van der Waals surface area contributed by atoms with Crippen molar-refractivity contribution in [3.05, 3.63) is 0 Å². The van der Waals surface area contributed by atoms with E-state index in [1.54, 1.807) is 7.05 Å². The van der Waals surface area contributed by atoms with Crippen LogP contribution in [0.15, 0.2) is 0 Å². The van der Waals surface area contributed by atoms with Gasteiger partial charge >= 0.3 is 6.18 Å². The van der Waals surface area contributed by atoms with Crippen LogP contribution in [0.4, 0.5) is 13.2 Å². The molecule has 92 valence electrons. The minimum atomic E-state index is -4.12. The van der Waals surface area contributed by atoms with Crippen molar-refractivity contribution in [1.29, 1.82) is 0 Å². The Kier molecular flexibility index (Phi) is 5.06. The molecule has 0 amide bonds. The Morgan fingerprint density at radius 3 is 1.93 bits per heavy atom. The lowest BCUT2D eigenvalue weighted by atomic mass is 9.86. The maximum absolute atomic E-state index is 12.1. The first kappa shape index (κ1) is 14.7. The summed E-state index contributed by atoms with van der Waals surface area (Å²) >= 11 is 0. The highest BCUT2D eigenvalue weighted by Crippen LogP contribution is 2.21. The van der Waals surface area contributed by atoms with Gasteiger partial charge in [0.05, 0.1) is 6.54 Å². The Balaban J connectivity index is 4.20. The molecule has 15 heavy (non-hydrogen) atoms. The van der Waals surface area contributed by atoms with Crippen LogP contribution < -0.4 is 5.32 Å². The number of alkyl halides is 3. The Bertz CT molecular complexity index is 184. The van der Waals surface area contributed by atoms with E-state index in [-0.39, 0.29) is 11.5 Å². The number of halogens is 3. The molecule has 0 saturated carbocycles. The van der Waals surface area contributed by atoms with Crippen molar-refractivity contribution in [1.82, 2.24) is 10.2 Å². The molecule has 1 atom stereocenters. The molecular formula is C10H21F3N2. The van der Waals surface area contributed by atoms with Gasteiger partial charge in [0.2, 0.25) is 0 Å². The summed E-state index contributed by atoms with van der Waals surface area (Å²) in [5.74, 6) is 0. The molecule has 0 aliphatic heterocycles. The fourth-order valence-corrected chi connectivity index (χ4v) is 1.48. The van der Waals surface area contributed by atoms with Crippen molar-refractivity contribution in [3.63, 3.8) is 0 Å². The fraction of sp³-hybridized carbons (Fsp3) is 1.00. The van der Waals surface area contributed by atoms with E-state index in [0.717, 1.165) is 0 Å². The molecule has 0 aromatic carbocycles. The second kappa shape index (κ2) is 5.16. The SMILES string of the molecule is CNC(CN(C)CC(F)(F)F)C(C)(C)C. The third kappa shape index (κ3) is 6.73. The van der Waals surface area contributed by atoms with Crippen LogP contribution >= 0.6 is 0 Å². The first-order valence-corrected chi connectivity index (χ1v) is 4.99. The lowest BCUT2D eigenvalue weighted by molar-refractivity contribution is -0.144. The second-order valence-corrected chi connectivity index (χ2v) is 5.02. The Morgan fingerprint density at radius 1 is 1.20 bits per heavy atom. The second-order valence-electron chi connectivity index (χ2n) is 5.02. The minimum absolute atomic E-state index is 0.0462. The molecule has 5 heteroatoms. The number of nitrogens with zero attached hydrogens (tertiary/aromatic N) is 1. The van der Waals surface area contributed by atoms with Crippen molar-refractivity contribution in [2.45, 2.75) is 33.0 Å². The molecule has 0 aromatic heterocycles. The summed E-state index contributed by atoms with van der Waals surface area (Å²) in [5, 5.41) is 3.05. The molecule has 2 nitrogen and oxygen atoms in total. The van der Waals surface area contributed by atoms with Gasteiger partial charge in [0.15, 0.2) is 0 Å². The summed E-state index contributed by atoms with van der Waals surface area (Å²) < 4.78 is 36.3. The smallest absolute Gasteiger partial charge is 0.315 e. The summed E-state index contributed by atoms with van der Waals surface area (Å²) in [6, 6.07) is 0.0462. The molecule has 0 bridgehead atoms. The van der Waals surface area contributed by atoms with E-state index in [2.05, 4.69) is 5.32 Å². The summed E-state index contributed by atoms with van der Waals surface area (Å²) in [6.07, 6.45) is -4.12. The predicted octanol–water partition coefficient (Wildman–Crippen LogP) is 2.11. The quantitative estimate of drug-likeness (QED) is 0.790. The largest absolute Gasteiger partial charge is 0.401 e. The third-order valence-corrected chi connectivity index (χ3v) is 2.34. The van der Waals surface area contributed by atoms with E-state index in [9.17, 15) is 13.2 Å². The number of hydrogen-bond acceptors (Lipinski definition) is 2. The first-order valence-electron chi connectivity index (χ1n) is 4.99. The van der Waals surface area contributed by atoms with Crippen LogP contribution in [-0.2, 0) is 0 Å². The standard InChI is InChI=1S/C10H21F3N2/c1-9(2,3)8(14-4)6-15(5)7-10(11,12)13/h8,14H,6-7H2,1-5H3. The fourth-order valence-electron chi connectivity index (χ4n) is 1.48. The van der Waals surface area contributed by atoms with E-state index in [0.29, 0.717) is 6.54 Å². The first-order chi connectivity index (χ1) is 6.56. The van der Waals surface area contributed by atoms with Crippen molar-refractivity contribution in [3.8, 4) is 0 Å². The molecule has 0 rings (SSSR count). The Hall–Kier alpha value is -0.290. The van der Waals surface area contributed by atoms with Crippen LogP contribution in [0, 0.1) is 5.41 Å². The summed E-state index contributed by atoms with van der Waals surface area (Å²) in [7, 11) is 3.26. The monoisotopic (exact) mass is 226 g/mol. The van der Waals surface area contributed by atoms with Gasteiger partial charge in [0.1, 0.15) is 0 Å². The Morgan fingerprint density at radius 2 is 1.67 bits per heavy atom. The van der Waals surface area contributed by atoms with Crippen molar-refractivity contribution in [2.75, 3.05) is 27.2 Å². The van der Waals surface area contributed by atoms with E-state index in [1.165, 1.54) is 11.9 Å². The van der Waals surface area contributed by atoms with E-state index >= 15 is 0 Å². The molecule has 0 aliphatic rings. The molecule has 1 N–H and O–H groups in total. The van der Waals surface area contributed by atoms with Gasteiger partial charge in [0, 0.05) is 12.6 Å². The maximum atomic E-state index is 12.1. The molecule has 0 heterocycles. The average Bonchev–Trinajstić information content (AvgIpc) is 1.94. The summed E-state index contributed by atoms with van der Waals surface area (Å²) in [6.45, 7) is 5.56. The molecule has 0 saturated heterocycles. The van der Waals surface area contributed by atoms with Gasteiger partial charge in [-0.25, -0.2) is 0 Å². The zero-order valence-electron chi connectivity index (χ0n) is 10.1. The van der Waals surface area contributed by atoms with Crippen molar-refractivity contribution < 1.29 is 13.2 Å². The lowest BCUT2D eigenvalue weighted by Crippen LogP contribution is -2.47. The number of likely N-dealkylation sites (N-methyl/N-ethyl adjacent to an activating group) is 2. The minimum Gasteiger partial charge on any atom is -0.315 e. The lowest BCUT2D eigenvalue weighted by Gasteiger charge is -2.34. The van der Waals surface area contributed by atoms with Gasteiger partial charge in [-0.3, -0.25) is 4.90 Å². The zero-order valence-corrected chi connectivity index (χ0v) is 10.1. The van der Waals surface area contributed by atoms with Crippen molar-refractivity contribution >= 4 is 0 Å². The topological polar surface area (TPSA) is 15.3 Å². The van der Waals surface area contributed by atoms with Gasteiger partial charge in [0.25, 0.3) is 0 Å². The van der Waals surface area contributed by atoms with Gasteiger partial charge < -0.3 is 5.32 Å².